The molecule has 2 heterocycles. The largest absolute Gasteiger partial charge is 0.327 e. The number of nitrogens with zero attached hydrogens (tertiary/aromatic N) is 3. The topological polar surface area (TPSA) is 39.3 Å². The van der Waals surface area contributed by atoms with Crippen molar-refractivity contribution in [3.63, 3.8) is 0 Å². The number of ketones is 1. The second-order valence-corrected chi connectivity index (χ2v) is 5.96. The molecule has 0 radical (unpaired) electrons. The Bertz CT molecular complexity index is 1150. The number of allylic oxidation sites excluding steroid dienone is 1. The van der Waals surface area contributed by atoms with Gasteiger partial charge in [-0.25, -0.2) is 8.91 Å². The maximum Gasteiger partial charge on any atom is 0.191 e. The number of fused-ring (bicyclic) bond motifs is 3. The highest BCUT2D eigenvalue weighted by molar-refractivity contribution is 6.12. The first kappa shape index (κ1) is 15.3. The average Bonchev–Trinajstić information content (AvgIpc) is 3.09. The number of imidazole rings is 1. The van der Waals surface area contributed by atoms with Gasteiger partial charge in [0.05, 0.1) is 22.3 Å². The summed E-state index contributed by atoms with van der Waals surface area (Å²) in [5, 5.41) is 4.52. The van der Waals surface area contributed by atoms with Gasteiger partial charge in [-0.15, -0.1) is 0 Å². The Balaban J connectivity index is 1.85. The van der Waals surface area contributed by atoms with Gasteiger partial charge in [0.15, 0.2) is 5.78 Å². The zero-order valence-electron chi connectivity index (χ0n) is 13.9. The van der Waals surface area contributed by atoms with E-state index in [0.717, 1.165) is 16.7 Å². The summed E-state index contributed by atoms with van der Waals surface area (Å²) < 4.78 is 17.5. The Hall–Kier alpha value is -3.21. The van der Waals surface area contributed by atoms with Crippen molar-refractivity contribution < 1.29 is 9.18 Å². The minimum absolute atomic E-state index is 0.193. The van der Waals surface area contributed by atoms with Crippen LogP contribution in [0.1, 0.15) is 21.6 Å². The molecule has 0 atom stereocenters. The van der Waals surface area contributed by atoms with Crippen LogP contribution in [0, 0.1) is 12.7 Å². The third-order valence-electron chi connectivity index (χ3n) is 4.39. The van der Waals surface area contributed by atoms with Crippen molar-refractivity contribution in [2.75, 3.05) is 0 Å². The molecule has 4 rings (SSSR count). The van der Waals surface area contributed by atoms with Crippen LogP contribution in [0.3, 0.4) is 0 Å². The lowest BCUT2D eigenvalue weighted by Crippen LogP contribution is -2.00. The van der Waals surface area contributed by atoms with Gasteiger partial charge >= 0.3 is 0 Å². The van der Waals surface area contributed by atoms with Crippen molar-refractivity contribution in [2.45, 2.75) is 6.92 Å². The highest BCUT2D eigenvalue weighted by atomic mass is 19.1. The first-order valence-corrected chi connectivity index (χ1v) is 7.97. The fourth-order valence-electron chi connectivity index (χ4n) is 3.18. The minimum atomic E-state index is -0.354. The van der Waals surface area contributed by atoms with E-state index in [1.165, 1.54) is 18.2 Å². The molecule has 0 fully saturated rings. The summed E-state index contributed by atoms with van der Waals surface area (Å²) in [7, 11) is 1.91. The number of aryl methyl sites for hydroxylation is 2. The number of halogens is 1. The molecule has 4 nitrogen and oxygen atoms in total. The van der Waals surface area contributed by atoms with Gasteiger partial charge in [0.1, 0.15) is 11.5 Å². The molecule has 4 aromatic rings. The highest BCUT2D eigenvalue weighted by Gasteiger charge is 2.20. The lowest BCUT2D eigenvalue weighted by Gasteiger charge is -1.99. The maximum absolute atomic E-state index is 13.7. The third kappa shape index (κ3) is 2.36. The smallest absolute Gasteiger partial charge is 0.191 e. The summed E-state index contributed by atoms with van der Waals surface area (Å²) in [6, 6.07) is 14.2. The number of benzene rings is 2. The number of hydrogen-bond donors (Lipinski definition) is 0. The quantitative estimate of drug-likeness (QED) is 0.417. The van der Waals surface area contributed by atoms with Gasteiger partial charge in [-0.1, -0.05) is 30.3 Å². The van der Waals surface area contributed by atoms with Gasteiger partial charge in [-0.2, -0.15) is 5.10 Å². The predicted molar refractivity (Wildman–Crippen MR) is 96.2 cm³/mol. The van der Waals surface area contributed by atoms with Crippen LogP contribution in [0.25, 0.3) is 22.8 Å². The number of carbonyl (C=O) groups excluding carboxylic acids is 1. The molecule has 2 aromatic heterocycles. The van der Waals surface area contributed by atoms with Gasteiger partial charge in [-0.3, -0.25) is 4.79 Å². The third-order valence-corrected chi connectivity index (χ3v) is 4.39. The minimum Gasteiger partial charge on any atom is -0.327 e. The number of hydrogen-bond acceptors (Lipinski definition) is 2. The van der Waals surface area contributed by atoms with E-state index >= 15 is 0 Å². The molecule has 0 saturated carbocycles. The van der Waals surface area contributed by atoms with Crippen LogP contribution in [0.4, 0.5) is 4.39 Å². The van der Waals surface area contributed by atoms with Crippen molar-refractivity contribution >= 4 is 28.5 Å². The zero-order valence-corrected chi connectivity index (χ0v) is 13.9. The molecule has 0 bridgehead atoms. The fraction of sp³-hybridized carbons (Fsp3) is 0.100. The van der Waals surface area contributed by atoms with Crippen LogP contribution in [0.15, 0.2) is 54.6 Å². The molecule has 0 N–H and O–H groups in total. The van der Waals surface area contributed by atoms with Gasteiger partial charge in [-0.05, 0) is 37.3 Å². The first-order chi connectivity index (χ1) is 12.1. The van der Waals surface area contributed by atoms with Crippen LogP contribution < -0.4 is 0 Å². The van der Waals surface area contributed by atoms with Crippen LogP contribution in [-0.2, 0) is 7.05 Å². The Kier molecular flexibility index (Phi) is 3.50. The van der Waals surface area contributed by atoms with Crippen molar-refractivity contribution in [1.29, 1.82) is 0 Å². The van der Waals surface area contributed by atoms with E-state index in [4.69, 9.17) is 0 Å². The summed E-state index contributed by atoms with van der Waals surface area (Å²) >= 11 is 0. The Morgan fingerprint density at radius 3 is 2.52 bits per heavy atom. The summed E-state index contributed by atoms with van der Waals surface area (Å²) in [6.07, 6.45) is 2.91. The number of aromatic nitrogens is 3. The maximum atomic E-state index is 13.7. The molecule has 0 aliphatic heterocycles. The molecule has 25 heavy (non-hydrogen) atoms. The van der Waals surface area contributed by atoms with E-state index in [-0.39, 0.29) is 11.6 Å². The molecule has 0 aliphatic carbocycles. The van der Waals surface area contributed by atoms with E-state index in [1.807, 2.05) is 42.8 Å². The lowest BCUT2D eigenvalue weighted by molar-refractivity contribution is 0.104. The van der Waals surface area contributed by atoms with E-state index in [1.54, 1.807) is 22.7 Å². The van der Waals surface area contributed by atoms with Crippen LogP contribution in [-0.4, -0.2) is 20.0 Å². The van der Waals surface area contributed by atoms with Gasteiger partial charge in [0.2, 0.25) is 0 Å². The zero-order chi connectivity index (χ0) is 17.6. The Morgan fingerprint density at radius 2 is 1.76 bits per heavy atom. The molecular formula is C20H16FN3O. The highest BCUT2D eigenvalue weighted by Crippen LogP contribution is 2.25. The second kappa shape index (κ2) is 5.70. The molecule has 0 amide bonds. The monoisotopic (exact) mass is 333 g/mol. The van der Waals surface area contributed by atoms with Crippen LogP contribution >= 0.6 is 0 Å². The predicted octanol–water partition coefficient (Wildman–Crippen LogP) is 4.17. The van der Waals surface area contributed by atoms with E-state index in [2.05, 4.69) is 5.10 Å². The fourth-order valence-corrected chi connectivity index (χ4v) is 3.18. The van der Waals surface area contributed by atoms with Crippen LogP contribution in [0.2, 0.25) is 0 Å². The Labute approximate surface area is 143 Å². The van der Waals surface area contributed by atoms with E-state index in [9.17, 15) is 9.18 Å². The average molecular weight is 333 g/mol. The summed E-state index contributed by atoms with van der Waals surface area (Å²) in [4.78, 5) is 12.8. The van der Waals surface area contributed by atoms with Crippen molar-refractivity contribution in [3.05, 3.63) is 77.2 Å². The molecule has 5 heteroatoms. The summed E-state index contributed by atoms with van der Waals surface area (Å²) in [6.45, 7) is 1.81. The normalized spacial score (nSPS) is 11.8. The van der Waals surface area contributed by atoms with Crippen molar-refractivity contribution in [2.24, 2.45) is 7.05 Å². The van der Waals surface area contributed by atoms with Gasteiger partial charge < -0.3 is 4.57 Å². The molecule has 0 saturated heterocycles. The molecule has 0 aliphatic rings. The second-order valence-electron chi connectivity index (χ2n) is 5.96. The first-order valence-electron chi connectivity index (χ1n) is 7.97. The van der Waals surface area contributed by atoms with Gasteiger partial charge in [0.25, 0.3) is 0 Å². The summed E-state index contributed by atoms with van der Waals surface area (Å²) in [5.74, 6) is -0.547. The van der Waals surface area contributed by atoms with E-state index in [0.29, 0.717) is 16.8 Å². The summed E-state index contributed by atoms with van der Waals surface area (Å²) in [5.41, 5.74) is 4.25. The SMILES string of the molecule is Cc1nn2c3ccccc3n(C)c2c1C(=O)/C=C/c1ccccc1F. The van der Waals surface area contributed by atoms with Gasteiger partial charge in [0, 0.05) is 12.6 Å². The number of carbonyl (C=O) groups is 1. The standard InChI is InChI=1S/C20H16FN3O/c1-13-19(18(25)12-11-14-7-3-4-8-15(14)21)20-23(2)16-9-5-6-10-17(16)24(20)22-13/h3-12H,1-2H3/b12-11+. The lowest BCUT2D eigenvalue weighted by atomic mass is 10.1. The van der Waals surface area contributed by atoms with Crippen molar-refractivity contribution in [3.8, 4) is 0 Å². The number of rotatable bonds is 3. The number of para-hydroxylation sites is 2. The van der Waals surface area contributed by atoms with Crippen LogP contribution in [0.5, 0.6) is 0 Å². The Morgan fingerprint density at radius 1 is 1.08 bits per heavy atom. The molecule has 0 unspecified atom stereocenters. The molecule has 0 spiro atoms. The molecule has 124 valence electrons. The molecular weight excluding hydrogens is 317 g/mol. The van der Waals surface area contributed by atoms with E-state index < -0.39 is 0 Å². The van der Waals surface area contributed by atoms with Crippen molar-refractivity contribution in [1.82, 2.24) is 14.2 Å². The molecule has 2 aromatic carbocycles.